The highest BCUT2D eigenvalue weighted by Crippen LogP contribution is 2.31. The molecule has 1 atom stereocenters. The lowest BCUT2D eigenvalue weighted by molar-refractivity contribution is 0.0181. The summed E-state index contributed by atoms with van der Waals surface area (Å²) >= 11 is 1.29. The molecule has 23 heavy (non-hydrogen) atoms. The number of aliphatic hydroxyl groups is 1. The van der Waals surface area contributed by atoms with Gasteiger partial charge in [-0.1, -0.05) is 18.2 Å². The van der Waals surface area contributed by atoms with Crippen molar-refractivity contribution in [3.8, 4) is 0 Å². The van der Waals surface area contributed by atoms with Crippen LogP contribution in [0.2, 0.25) is 0 Å². The van der Waals surface area contributed by atoms with Crippen molar-refractivity contribution in [3.63, 3.8) is 0 Å². The summed E-state index contributed by atoms with van der Waals surface area (Å²) in [4.78, 5) is 2.31. The Balaban J connectivity index is 1.82. The summed E-state index contributed by atoms with van der Waals surface area (Å²) < 4.78 is 25.5. The third-order valence-electron chi connectivity index (χ3n) is 3.75. The molecule has 6 nitrogen and oxygen atoms in total. The van der Waals surface area contributed by atoms with Gasteiger partial charge in [0.1, 0.15) is 4.90 Å². The first kappa shape index (κ1) is 16.4. The number of rotatable bonds is 5. The Morgan fingerprint density at radius 3 is 2.57 bits per heavy atom. The average Bonchev–Trinajstić information content (AvgIpc) is 3.05. The van der Waals surface area contributed by atoms with Gasteiger partial charge in [-0.25, -0.2) is 8.42 Å². The topological polar surface area (TPSA) is 81.7 Å². The molecule has 1 saturated heterocycles. The highest BCUT2D eigenvalue weighted by atomic mass is 32.2. The molecule has 0 saturated carbocycles. The molecule has 2 aromatic rings. The summed E-state index contributed by atoms with van der Waals surface area (Å²) in [7, 11) is -3.60. The van der Waals surface area contributed by atoms with Crippen molar-refractivity contribution < 1.29 is 13.5 Å². The number of nitrogens with zero attached hydrogens (tertiary/aromatic N) is 1. The van der Waals surface area contributed by atoms with Crippen LogP contribution >= 0.6 is 11.3 Å². The quantitative estimate of drug-likeness (QED) is 0.700. The normalized spacial score (nSPS) is 17.8. The Morgan fingerprint density at radius 2 is 1.87 bits per heavy atom. The zero-order chi connectivity index (χ0) is 16.3. The first-order chi connectivity index (χ1) is 11.1. The number of hydrogen-bond acceptors (Lipinski definition) is 7. The summed E-state index contributed by atoms with van der Waals surface area (Å²) in [5.74, 6) is 0. The van der Waals surface area contributed by atoms with Crippen molar-refractivity contribution >= 4 is 26.9 Å². The second kappa shape index (κ2) is 6.98. The van der Waals surface area contributed by atoms with Crippen LogP contribution in [0.5, 0.6) is 0 Å². The molecular weight excluding hydrogens is 334 g/mol. The van der Waals surface area contributed by atoms with E-state index in [9.17, 15) is 13.5 Å². The average molecular weight is 353 g/mol. The number of aliphatic hydroxyl groups excluding tert-OH is 1. The maximum absolute atomic E-state index is 12.7. The SMILES string of the molecule is O=S(=O)(c1ccccc1)c1cscc1NC(O)N1CCNCC1. The third-order valence-corrected chi connectivity index (χ3v) is 6.45. The first-order valence-corrected chi connectivity index (χ1v) is 9.77. The van der Waals surface area contributed by atoms with Crippen LogP contribution in [0.15, 0.2) is 50.9 Å². The first-order valence-electron chi connectivity index (χ1n) is 7.35. The van der Waals surface area contributed by atoms with Crippen LogP contribution in [-0.2, 0) is 9.84 Å². The molecule has 0 radical (unpaired) electrons. The second-order valence-corrected chi connectivity index (χ2v) is 7.93. The van der Waals surface area contributed by atoms with Gasteiger partial charge < -0.3 is 15.7 Å². The van der Waals surface area contributed by atoms with Crippen molar-refractivity contribution in [3.05, 3.63) is 41.1 Å². The lowest BCUT2D eigenvalue weighted by atomic mass is 10.4. The fourth-order valence-corrected chi connectivity index (χ4v) is 5.06. The molecule has 1 aromatic carbocycles. The van der Waals surface area contributed by atoms with E-state index in [1.54, 1.807) is 41.1 Å². The molecule has 2 heterocycles. The van der Waals surface area contributed by atoms with Crippen molar-refractivity contribution in [1.82, 2.24) is 10.2 Å². The molecule has 0 aliphatic carbocycles. The predicted molar refractivity (Wildman–Crippen MR) is 90.3 cm³/mol. The minimum atomic E-state index is -3.60. The van der Waals surface area contributed by atoms with Crippen molar-refractivity contribution in [2.45, 2.75) is 16.1 Å². The van der Waals surface area contributed by atoms with Crippen LogP contribution in [0.3, 0.4) is 0 Å². The fourth-order valence-electron chi connectivity index (χ4n) is 2.48. The Morgan fingerprint density at radius 1 is 1.17 bits per heavy atom. The van der Waals surface area contributed by atoms with Crippen molar-refractivity contribution in [2.24, 2.45) is 0 Å². The Labute approximate surface area is 139 Å². The number of thiophene rings is 1. The van der Waals surface area contributed by atoms with Crippen molar-refractivity contribution in [1.29, 1.82) is 0 Å². The van der Waals surface area contributed by atoms with Crippen LogP contribution in [0, 0.1) is 0 Å². The Hall–Kier alpha value is -1.45. The van der Waals surface area contributed by atoms with Gasteiger partial charge in [0, 0.05) is 36.9 Å². The van der Waals surface area contributed by atoms with Gasteiger partial charge in [-0.15, -0.1) is 11.3 Å². The molecule has 1 aliphatic heterocycles. The van der Waals surface area contributed by atoms with Gasteiger partial charge in [0.25, 0.3) is 0 Å². The molecular formula is C15H19N3O3S2. The van der Waals surface area contributed by atoms with Gasteiger partial charge in [-0.2, -0.15) is 0 Å². The molecule has 0 bridgehead atoms. The maximum atomic E-state index is 12.7. The summed E-state index contributed by atoms with van der Waals surface area (Å²) in [6.07, 6.45) is -0.906. The van der Waals surface area contributed by atoms with Gasteiger partial charge in [-0.3, -0.25) is 4.90 Å². The van der Waals surface area contributed by atoms with E-state index in [2.05, 4.69) is 10.6 Å². The molecule has 1 fully saturated rings. The largest absolute Gasteiger partial charge is 0.361 e. The molecule has 3 N–H and O–H groups in total. The summed E-state index contributed by atoms with van der Waals surface area (Å²) in [5.41, 5.74) is 0.435. The Bertz CT molecular complexity index is 740. The van der Waals surface area contributed by atoms with Crippen LogP contribution < -0.4 is 10.6 Å². The van der Waals surface area contributed by atoms with Gasteiger partial charge >= 0.3 is 0 Å². The van der Waals surface area contributed by atoms with E-state index in [-0.39, 0.29) is 9.79 Å². The highest BCUT2D eigenvalue weighted by Gasteiger charge is 2.25. The maximum Gasteiger partial charge on any atom is 0.209 e. The van der Waals surface area contributed by atoms with E-state index in [0.29, 0.717) is 18.8 Å². The number of benzene rings is 1. The fraction of sp³-hybridized carbons (Fsp3) is 0.333. The second-order valence-electron chi connectivity index (χ2n) is 5.27. The summed E-state index contributed by atoms with van der Waals surface area (Å²) in [5, 5.41) is 19.7. The molecule has 8 heteroatoms. The van der Waals surface area contributed by atoms with Gasteiger partial charge in [-0.05, 0) is 12.1 Å². The molecule has 1 aliphatic rings. The van der Waals surface area contributed by atoms with E-state index < -0.39 is 16.2 Å². The monoisotopic (exact) mass is 353 g/mol. The molecule has 0 spiro atoms. The third kappa shape index (κ3) is 3.56. The lowest BCUT2D eigenvalue weighted by Crippen LogP contribution is -2.51. The number of sulfone groups is 1. The van der Waals surface area contributed by atoms with E-state index >= 15 is 0 Å². The van der Waals surface area contributed by atoms with E-state index in [1.165, 1.54) is 11.3 Å². The molecule has 1 aromatic heterocycles. The van der Waals surface area contributed by atoms with Crippen LogP contribution in [0.4, 0.5) is 5.69 Å². The summed E-state index contributed by atoms with van der Waals surface area (Å²) in [6, 6.07) is 8.32. The smallest absolute Gasteiger partial charge is 0.209 e. The van der Waals surface area contributed by atoms with Gasteiger partial charge in [0.15, 0.2) is 6.35 Å². The van der Waals surface area contributed by atoms with Crippen LogP contribution in [0.1, 0.15) is 0 Å². The van der Waals surface area contributed by atoms with Crippen LogP contribution in [-0.4, -0.2) is 51.0 Å². The zero-order valence-electron chi connectivity index (χ0n) is 12.5. The Kier molecular flexibility index (Phi) is 4.98. The minimum absolute atomic E-state index is 0.197. The number of nitrogens with one attached hydrogen (secondary N) is 2. The van der Waals surface area contributed by atoms with Gasteiger partial charge in [0.2, 0.25) is 9.84 Å². The number of hydrogen-bond donors (Lipinski definition) is 3. The highest BCUT2D eigenvalue weighted by molar-refractivity contribution is 7.91. The molecule has 3 rings (SSSR count). The minimum Gasteiger partial charge on any atom is -0.361 e. The summed E-state index contributed by atoms with van der Waals surface area (Å²) in [6.45, 7) is 3.02. The lowest BCUT2D eigenvalue weighted by Gasteiger charge is -2.32. The zero-order valence-corrected chi connectivity index (χ0v) is 14.1. The van der Waals surface area contributed by atoms with E-state index in [0.717, 1.165) is 13.1 Å². The standard InChI is InChI=1S/C15H19N3O3S2/c19-15(18-8-6-16-7-9-18)17-13-10-22-11-14(13)23(20,21)12-4-2-1-3-5-12/h1-5,10-11,15-17,19H,6-9H2. The van der Waals surface area contributed by atoms with E-state index in [1.807, 2.05) is 4.90 Å². The number of piperazine rings is 1. The molecule has 124 valence electrons. The molecule has 1 unspecified atom stereocenters. The predicted octanol–water partition coefficient (Wildman–Crippen LogP) is 1.17. The van der Waals surface area contributed by atoms with Crippen molar-refractivity contribution in [2.75, 3.05) is 31.5 Å². The van der Waals surface area contributed by atoms with Gasteiger partial charge in [0.05, 0.1) is 10.6 Å². The van der Waals surface area contributed by atoms with Crippen LogP contribution in [0.25, 0.3) is 0 Å². The molecule has 0 amide bonds. The number of anilines is 1. The van der Waals surface area contributed by atoms with E-state index in [4.69, 9.17) is 0 Å².